The smallest absolute Gasteiger partial charge is 0.146 e. The zero-order chi connectivity index (χ0) is 7.84. The Balaban J connectivity index is 2.40. The van der Waals surface area contributed by atoms with Crippen LogP contribution in [0.1, 0.15) is 0 Å². The maximum Gasteiger partial charge on any atom is 0.146 e. The second-order valence-electron chi connectivity index (χ2n) is 2.40. The molecule has 4 heteroatoms. The summed E-state index contributed by atoms with van der Waals surface area (Å²) in [5.74, 6) is 0.844. The summed E-state index contributed by atoms with van der Waals surface area (Å²) in [6.07, 6.45) is 3.56. The first-order valence-electron chi connectivity index (χ1n) is 3.33. The number of hydrogen-bond donors (Lipinski definition) is 0. The molecule has 0 radical (unpaired) electrons. The lowest BCUT2D eigenvalue weighted by Gasteiger charge is -2.18. The van der Waals surface area contributed by atoms with E-state index in [1.807, 2.05) is 11.1 Å². The van der Waals surface area contributed by atoms with Gasteiger partial charge in [-0.1, -0.05) is 23.2 Å². The van der Waals surface area contributed by atoms with Crippen molar-refractivity contribution in [3.05, 3.63) is 22.3 Å². The van der Waals surface area contributed by atoms with Gasteiger partial charge in [0.05, 0.1) is 16.6 Å². The SMILES string of the molecule is ClC1=CN2CCN=C2C(Cl)=C1. The van der Waals surface area contributed by atoms with Crippen molar-refractivity contribution in [2.75, 3.05) is 13.1 Å². The van der Waals surface area contributed by atoms with Crippen LogP contribution in [0, 0.1) is 0 Å². The third-order valence-electron chi connectivity index (χ3n) is 1.63. The van der Waals surface area contributed by atoms with Crippen LogP contribution < -0.4 is 0 Å². The summed E-state index contributed by atoms with van der Waals surface area (Å²) in [6.45, 7) is 1.69. The fourth-order valence-electron chi connectivity index (χ4n) is 1.17. The van der Waals surface area contributed by atoms with Gasteiger partial charge in [-0.3, -0.25) is 4.99 Å². The van der Waals surface area contributed by atoms with Gasteiger partial charge in [-0.25, -0.2) is 0 Å². The fraction of sp³-hybridized carbons (Fsp3) is 0.286. The number of hydrogen-bond acceptors (Lipinski definition) is 2. The van der Waals surface area contributed by atoms with Gasteiger partial charge in [-0.05, 0) is 6.08 Å². The molecule has 0 unspecified atom stereocenters. The molecular weight excluding hydrogens is 183 g/mol. The molecule has 2 heterocycles. The predicted octanol–water partition coefficient (Wildman–Crippen LogP) is 1.92. The molecule has 11 heavy (non-hydrogen) atoms. The van der Waals surface area contributed by atoms with Crippen LogP contribution >= 0.6 is 23.2 Å². The molecule has 0 aromatic heterocycles. The number of aliphatic imine (C=N–C) groups is 1. The van der Waals surface area contributed by atoms with Crippen LogP contribution in [0.3, 0.4) is 0 Å². The molecule has 2 nitrogen and oxygen atoms in total. The first-order valence-corrected chi connectivity index (χ1v) is 4.09. The van der Waals surface area contributed by atoms with Crippen LogP contribution in [0.25, 0.3) is 0 Å². The Bertz CT molecular complexity index is 278. The lowest BCUT2D eigenvalue weighted by Crippen LogP contribution is -2.24. The number of halogens is 2. The minimum atomic E-state index is 0.634. The third-order valence-corrected chi connectivity index (χ3v) is 2.12. The molecule has 2 aliphatic heterocycles. The van der Waals surface area contributed by atoms with E-state index in [0.717, 1.165) is 18.9 Å². The number of fused-ring (bicyclic) bond motifs is 1. The second kappa shape index (κ2) is 2.54. The van der Waals surface area contributed by atoms with Crippen molar-refractivity contribution in [2.45, 2.75) is 0 Å². The van der Waals surface area contributed by atoms with Gasteiger partial charge in [0.2, 0.25) is 0 Å². The average molecular weight is 189 g/mol. The van der Waals surface area contributed by atoms with Crippen LogP contribution in [0.2, 0.25) is 0 Å². The van der Waals surface area contributed by atoms with Crippen LogP contribution in [0.15, 0.2) is 27.3 Å². The summed E-state index contributed by atoms with van der Waals surface area (Å²) in [4.78, 5) is 6.18. The molecule has 0 bridgehead atoms. The number of rotatable bonds is 0. The molecule has 2 aliphatic rings. The lowest BCUT2D eigenvalue weighted by atomic mass is 10.3. The summed E-state index contributed by atoms with van der Waals surface area (Å²) in [7, 11) is 0. The van der Waals surface area contributed by atoms with E-state index in [2.05, 4.69) is 4.99 Å². The normalized spacial score (nSPS) is 22.4. The second-order valence-corrected chi connectivity index (χ2v) is 3.25. The average Bonchev–Trinajstić information content (AvgIpc) is 2.34. The first-order chi connectivity index (χ1) is 5.27. The summed E-state index contributed by atoms with van der Waals surface area (Å²) in [6, 6.07) is 0. The highest BCUT2D eigenvalue weighted by atomic mass is 35.5. The van der Waals surface area contributed by atoms with Crippen LogP contribution in [-0.2, 0) is 0 Å². The summed E-state index contributed by atoms with van der Waals surface area (Å²) in [5.41, 5.74) is 0. The van der Waals surface area contributed by atoms with E-state index in [0.29, 0.717) is 10.1 Å². The molecule has 0 atom stereocenters. The monoisotopic (exact) mass is 188 g/mol. The Morgan fingerprint density at radius 3 is 3.09 bits per heavy atom. The Hall–Kier alpha value is -0.470. The van der Waals surface area contributed by atoms with Gasteiger partial charge >= 0.3 is 0 Å². The summed E-state index contributed by atoms with van der Waals surface area (Å²) in [5, 5.41) is 1.30. The number of nitrogens with zero attached hydrogens (tertiary/aromatic N) is 2. The van der Waals surface area contributed by atoms with E-state index in [-0.39, 0.29) is 0 Å². The van der Waals surface area contributed by atoms with Crippen molar-refractivity contribution in [3.63, 3.8) is 0 Å². The van der Waals surface area contributed by atoms with Crippen LogP contribution in [0.4, 0.5) is 0 Å². The van der Waals surface area contributed by atoms with E-state index in [1.54, 1.807) is 6.08 Å². The highest BCUT2D eigenvalue weighted by Gasteiger charge is 2.21. The van der Waals surface area contributed by atoms with Gasteiger partial charge in [0.15, 0.2) is 0 Å². The lowest BCUT2D eigenvalue weighted by molar-refractivity contribution is 0.609. The largest absolute Gasteiger partial charge is 0.329 e. The number of amidine groups is 1. The standard InChI is InChI=1S/C7H6Cl2N2/c8-5-3-6(9)7-10-1-2-11(7)4-5/h3-4H,1-2H2. The van der Waals surface area contributed by atoms with Gasteiger partial charge in [0.25, 0.3) is 0 Å². The molecule has 0 aromatic carbocycles. The topological polar surface area (TPSA) is 15.6 Å². The Morgan fingerprint density at radius 1 is 1.45 bits per heavy atom. The van der Waals surface area contributed by atoms with Gasteiger partial charge in [-0.2, -0.15) is 0 Å². The Kier molecular flexibility index (Phi) is 1.66. The first kappa shape index (κ1) is 7.19. The molecule has 0 aliphatic carbocycles. The van der Waals surface area contributed by atoms with Gasteiger partial charge in [-0.15, -0.1) is 0 Å². The predicted molar refractivity (Wildman–Crippen MR) is 46.9 cm³/mol. The van der Waals surface area contributed by atoms with Crippen LogP contribution in [0.5, 0.6) is 0 Å². The molecule has 0 saturated carbocycles. The molecular formula is C7H6Cl2N2. The maximum atomic E-state index is 5.88. The Labute approximate surface area is 74.8 Å². The summed E-state index contributed by atoms with van der Waals surface area (Å²) >= 11 is 11.7. The van der Waals surface area contributed by atoms with Gasteiger partial charge in [0.1, 0.15) is 5.84 Å². The van der Waals surface area contributed by atoms with E-state index in [1.165, 1.54) is 0 Å². The van der Waals surface area contributed by atoms with Crippen molar-refractivity contribution in [1.82, 2.24) is 4.90 Å². The fourth-order valence-corrected chi connectivity index (χ4v) is 1.74. The Morgan fingerprint density at radius 2 is 2.27 bits per heavy atom. The quantitative estimate of drug-likeness (QED) is 0.568. The zero-order valence-electron chi connectivity index (χ0n) is 5.72. The molecule has 0 spiro atoms. The van der Waals surface area contributed by atoms with Crippen molar-refractivity contribution in [2.24, 2.45) is 4.99 Å². The molecule has 2 rings (SSSR count). The highest BCUT2D eigenvalue weighted by molar-refractivity contribution is 6.45. The maximum absolute atomic E-state index is 5.88. The summed E-state index contributed by atoms with van der Waals surface area (Å²) < 4.78 is 0. The molecule has 0 N–H and O–H groups in total. The van der Waals surface area contributed by atoms with Crippen molar-refractivity contribution in [1.29, 1.82) is 0 Å². The van der Waals surface area contributed by atoms with Crippen molar-refractivity contribution in [3.8, 4) is 0 Å². The molecule has 0 fully saturated rings. The number of allylic oxidation sites excluding steroid dienone is 2. The van der Waals surface area contributed by atoms with E-state index >= 15 is 0 Å². The van der Waals surface area contributed by atoms with Crippen molar-refractivity contribution < 1.29 is 0 Å². The van der Waals surface area contributed by atoms with Gasteiger partial charge < -0.3 is 4.90 Å². The third kappa shape index (κ3) is 1.17. The van der Waals surface area contributed by atoms with Gasteiger partial charge in [0, 0.05) is 12.7 Å². The zero-order valence-corrected chi connectivity index (χ0v) is 7.23. The molecule has 58 valence electrons. The van der Waals surface area contributed by atoms with Crippen LogP contribution in [-0.4, -0.2) is 23.8 Å². The van der Waals surface area contributed by atoms with E-state index in [4.69, 9.17) is 23.2 Å². The molecule has 0 amide bonds. The minimum absolute atomic E-state index is 0.634. The van der Waals surface area contributed by atoms with Crippen molar-refractivity contribution >= 4 is 29.0 Å². The minimum Gasteiger partial charge on any atom is -0.329 e. The van der Waals surface area contributed by atoms with E-state index in [9.17, 15) is 0 Å². The molecule has 0 aromatic rings. The van der Waals surface area contributed by atoms with E-state index < -0.39 is 0 Å². The highest BCUT2D eigenvalue weighted by Crippen LogP contribution is 2.23. The molecule has 0 saturated heterocycles.